The molecule has 6 nitrogen and oxygen atoms in total. The second kappa shape index (κ2) is 5.64. The first-order valence-corrected chi connectivity index (χ1v) is 4.81. The van der Waals surface area contributed by atoms with E-state index < -0.39 is 23.9 Å². The lowest BCUT2D eigenvalue weighted by atomic mass is 10.1. The largest absolute Gasteiger partial charge is 0.480 e. The monoisotopic (exact) mass is 237 g/mol. The van der Waals surface area contributed by atoms with E-state index in [0.717, 1.165) is 0 Å². The minimum atomic E-state index is -1.70. The first kappa shape index (κ1) is 12.7. The van der Waals surface area contributed by atoms with Crippen molar-refractivity contribution in [2.24, 2.45) is 0 Å². The number of amides is 1. The van der Waals surface area contributed by atoms with Gasteiger partial charge in [-0.3, -0.25) is 4.79 Å². The second-order valence-electron chi connectivity index (χ2n) is 3.36. The van der Waals surface area contributed by atoms with Gasteiger partial charge in [-0.1, -0.05) is 30.3 Å². The second-order valence-corrected chi connectivity index (χ2v) is 3.36. The average molecular weight is 237 g/mol. The lowest BCUT2D eigenvalue weighted by Gasteiger charge is -2.12. The molecule has 6 heteroatoms. The van der Waals surface area contributed by atoms with Crippen LogP contribution in [0, 0.1) is 0 Å². The van der Waals surface area contributed by atoms with Gasteiger partial charge in [0.2, 0.25) is 0 Å². The lowest BCUT2D eigenvalue weighted by Crippen LogP contribution is -2.45. The predicted octanol–water partition coefficient (Wildman–Crippen LogP) is -0.117. The highest BCUT2D eigenvalue weighted by molar-refractivity contribution is 6.31. The fraction of sp³-hybridized carbons (Fsp3) is 0.182. The Labute approximate surface area is 96.9 Å². The summed E-state index contributed by atoms with van der Waals surface area (Å²) < 4.78 is 0. The van der Waals surface area contributed by atoms with Crippen molar-refractivity contribution >= 4 is 17.8 Å². The maximum Gasteiger partial charge on any atom is 0.394 e. The maximum absolute atomic E-state index is 10.9. The Kier molecular flexibility index (Phi) is 4.21. The van der Waals surface area contributed by atoms with Crippen LogP contribution >= 0.6 is 0 Å². The van der Waals surface area contributed by atoms with E-state index in [1.54, 1.807) is 30.3 Å². The number of benzene rings is 1. The zero-order chi connectivity index (χ0) is 12.8. The summed E-state index contributed by atoms with van der Waals surface area (Å²) >= 11 is 0. The topological polar surface area (TPSA) is 104 Å². The zero-order valence-corrected chi connectivity index (χ0v) is 8.79. The summed E-state index contributed by atoms with van der Waals surface area (Å²) in [7, 11) is 0. The van der Waals surface area contributed by atoms with E-state index in [1.165, 1.54) is 0 Å². The Balaban J connectivity index is 2.71. The lowest BCUT2D eigenvalue weighted by molar-refractivity contribution is -0.152. The Morgan fingerprint density at radius 2 is 1.71 bits per heavy atom. The normalized spacial score (nSPS) is 11.5. The minimum Gasteiger partial charge on any atom is -0.480 e. The number of hydrogen-bond acceptors (Lipinski definition) is 3. The smallest absolute Gasteiger partial charge is 0.394 e. The number of carbonyl (C=O) groups excluding carboxylic acids is 1. The SMILES string of the molecule is O=C(O)C(=O)NC(Cc1ccccc1)C(=O)O. The third-order valence-electron chi connectivity index (χ3n) is 2.08. The van der Waals surface area contributed by atoms with Crippen LogP contribution in [0.1, 0.15) is 5.56 Å². The molecule has 0 aliphatic heterocycles. The first-order chi connectivity index (χ1) is 8.00. The van der Waals surface area contributed by atoms with Crippen LogP contribution in [-0.2, 0) is 20.8 Å². The number of hydrogen-bond donors (Lipinski definition) is 3. The molecule has 1 atom stereocenters. The Bertz CT molecular complexity index is 429. The molecule has 0 bridgehead atoms. The van der Waals surface area contributed by atoms with Gasteiger partial charge in [0.05, 0.1) is 0 Å². The molecule has 1 rings (SSSR count). The number of carboxylic acids is 2. The van der Waals surface area contributed by atoms with Crippen LogP contribution in [0.3, 0.4) is 0 Å². The van der Waals surface area contributed by atoms with Crippen LogP contribution < -0.4 is 5.32 Å². The molecule has 0 spiro atoms. The van der Waals surface area contributed by atoms with Crippen molar-refractivity contribution in [2.45, 2.75) is 12.5 Å². The first-order valence-electron chi connectivity index (χ1n) is 4.81. The van der Waals surface area contributed by atoms with Gasteiger partial charge >= 0.3 is 17.8 Å². The molecule has 0 saturated heterocycles. The van der Waals surface area contributed by atoms with Crippen LogP contribution in [0.5, 0.6) is 0 Å². The summed E-state index contributed by atoms with van der Waals surface area (Å²) in [6, 6.07) is 7.38. The van der Waals surface area contributed by atoms with Crippen LogP contribution in [0.15, 0.2) is 30.3 Å². The quantitative estimate of drug-likeness (QED) is 0.633. The highest BCUT2D eigenvalue weighted by Gasteiger charge is 2.23. The van der Waals surface area contributed by atoms with E-state index in [-0.39, 0.29) is 6.42 Å². The van der Waals surface area contributed by atoms with Gasteiger partial charge in [-0.2, -0.15) is 0 Å². The van der Waals surface area contributed by atoms with Crippen molar-refractivity contribution in [1.82, 2.24) is 5.32 Å². The fourth-order valence-corrected chi connectivity index (χ4v) is 1.27. The fourth-order valence-electron chi connectivity index (χ4n) is 1.27. The van der Waals surface area contributed by atoms with Crippen LogP contribution in [-0.4, -0.2) is 34.1 Å². The molecule has 0 aliphatic rings. The highest BCUT2D eigenvalue weighted by atomic mass is 16.4. The number of nitrogens with one attached hydrogen (secondary N) is 1. The van der Waals surface area contributed by atoms with Crippen molar-refractivity contribution in [3.05, 3.63) is 35.9 Å². The van der Waals surface area contributed by atoms with Crippen molar-refractivity contribution in [2.75, 3.05) is 0 Å². The van der Waals surface area contributed by atoms with Gasteiger partial charge in [0.1, 0.15) is 6.04 Å². The molecular formula is C11H11NO5. The molecule has 90 valence electrons. The molecule has 1 aromatic rings. The van der Waals surface area contributed by atoms with Gasteiger partial charge in [-0.15, -0.1) is 0 Å². The van der Waals surface area contributed by atoms with Crippen molar-refractivity contribution in [3.8, 4) is 0 Å². The molecule has 17 heavy (non-hydrogen) atoms. The van der Waals surface area contributed by atoms with E-state index in [0.29, 0.717) is 5.56 Å². The molecule has 1 amide bonds. The van der Waals surface area contributed by atoms with E-state index in [4.69, 9.17) is 10.2 Å². The van der Waals surface area contributed by atoms with E-state index in [9.17, 15) is 14.4 Å². The van der Waals surface area contributed by atoms with Gasteiger partial charge in [-0.05, 0) is 5.56 Å². The van der Waals surface area contributed by atoms with Crippen LogP contribution in [0.2, 0.25) is 0 Å². The number of rotatable bonds is 4. The Morgan fingerprint density at radius 1 is 1.12 bits per heavy atom. The summed E-state index contributed by atoms with van der Waals surface area (Å²) in [5.41, 5.74) is 0.700. The summed E-state index contributed by atoms with van der Waals surface area (Å²) in [4.78, 5) is 32.0. The third kappa shape index (κ3) is 3.94. The molecule has 0 radical (unpaired) electrons. The van der Waals surface area contributed by atoms with E-state index >= 15 is 0 Å². The maximum atomic E-state index is 10.9. The van der Waals surface area contributed by atoms with Crippen molar-refractivity contribution in [3.63, 3.8) is 0 Å². The van der Waals surface area contributed by atoms with Gasteiger partial charge in [0.15, 0.2) is 0 Å². The Morgan fingerprint density at radius 3 is 2.18 bits per heavy atom. The third-order valence-corrected chi connectivity index (χ3v) is 2.08. The van der Waals surface area contributed by atoms with Crippen LogP contribution in [0.4, 0.5) is 0 Å². The summed E-state index contributed by atoms with van der Waals surface area (Å²) in [5.74, 6) is -4.30. The number of carboxylic acid groups (broad SMARTS) is 2. The Hall–Kier alpha value is -2.37. The average Bonchev–Trinajstić information content (AvgIpc) is 2.29. The number of aliphatic carboxylic acids is 2. The summed E-state index contributed by atoms with van der Waals surface area (Å²) in [6.07, 6.45) is 0.0369. The molecule has 1 unspecified atom stereocenters. The molecule has 0 aromatic heterocycles. The number of carbonyl (C=O) groups is 3. The molecule has 1 aromatic carbocycles. The summed E-state index contributed by atoms with van der Waals surface area (Å²) in [6.45, 7) is 0. The van der Waals surface area contributed by atoms with E-state index in [1.807, 2.05) is 5.32 Å². The van der Waals surface area contributed by atoms with Crippen molar-refractivity contribution in [1.29, 1.82) is 0 Å². The van der Waals surface area contributed by atoms with Crippen LogP contribution in [0.25, 0.3) is 0 Å². The molecule has 0 saturated carbocycles. The van der Waals surface area contributed by atoms with Gasteiger partial charge in [0, 0.05) is 6.42 Å². The van der Waals surface area contributed by atoms with E-state index in [2.05, 4.69) is 0 Å². The van der Waals surface area contributed by atoms with Gasteiger partial charge in [-0.25, -0.2) is 9.59 Å². The predicted molar refractivity (Wildman–Crippen MR) is 57.3 cm³/mol. The molecule has 0 aliphatic carbocycles. The van der Waals surface area contributed by atoms with Gasteiger partial charge < -0.3 is 15.5 Å². The standard InChI is InChI=1S/C11H11NO5/c13-9(11(16)17)12-8(10(14)15)6-7-4-2-1-3-5-7/h1-5,8H,6H2,(H,12,13)(H,14,15)(H,16,17). The molecule has 0 fully saturated rings. The van der Waals surface area contributed by atoms with Gasteiger partial charge in [0.25, 0.3) is 0 Å². The molecule has 0 heterocycles. The zero-order valence-electron chi connectivity index (χ0n) is 8.79. The minimum absolute atomic E-state index is 0.0369. The molecular weight excluding hydrogens is 226 g/mol. The highest BCUT2D eigenvalue weighted by Crippen LogP contribution is 2.03. The summed E-state index contributed by atoms with van der Waals surface area (Å²) in [5, 5.41) is 19.2. The van der Waals surface area contributed by atoms with Crippen molar-refractivity contribution < 1.29 is 24.6 Å². The molecule has 3 N–H and O–H groups in total.